The van der Waals surface area contributed by atoms with Gasteiger partial charge in [-0.15, -0.1) is 0 Å². The number of carbonyl (C=O) groups is 1. The number of fused-ring (bicyclic) bond motifs is 1. The normalized spacial score (nSPS) is 10.4. The van der Waals surface area contributed by atoms with Crippen LogP contribution in [0, 0.1) is 6.92 Å². The SMILES string of the molecule is Cc1nc2cnccc2cc1C(=O)O. The monoisotopic (exact) mass is 188 g/mol. The Bertz CT molecular complexity index is 508. The minimum Gasteiger partial charge on any atom is -0.478 e. The van der Waals surface area contributed by atoms with Gasteiger partial charge in [0.1, 0.15) is 0 Å². The van der Waals surface area contributed by atoms with Crippen LogP contribution in [0.2, 0.25) is 0 Å². The van der Waals surface area contributed by atoms with Gasteiger partial charge in [0.2, 0.25) is 0 Å². The molecule has 0 aromatic carbocycles. The van der Waals surface area contributed by atoms with Crippen LogP contribution in [0.4, 0.5) is 0 Å². The molecule has 2 rings (SSSR count). The first-order valence-corrected chi connectivity index (χ1v) is 4.13. The minimum absolute atomic E-state index is 0.240. The molecule has 0 radical (unpaired) electrons. The first-order chi connectivity index (χ1) is 6.68. The molecule has 0 spiro atoms. The van der Waals surface area contributed by atoms with Gasteiger partial charge in [-0.1, -0.05) is 0 Å². The van der Waals surface area contributed by atoms with Crippen LogP contribution in [0.3, 0.4) is 0 Å². The van der Waals surface area contributed by atoms with Crippen LogP contribution in [0.1, 0.15) is 16.1 Å². The molecule has 4 heteroatoms. The molecule has 4 nitrogen and oxygen atoms in total. The van der Waals surface area contributed by atoms with Gasteiger partial charge >= 0.3 is 5.97 Å². The summed E-state index contributed by atoms with van der Waals surface area (Å²) in [5.41, 5.74) is 1.47. The van der Waals surface area contributed by atoms with E-state index in [2.05, 4.69) is 9.97 Å². The largest absolute Gasteiger partial charge is 0.478 e. The van der Waals surface area contributed by atoms with Crippen molar-refractivity contribution in [3.05, 3.63) is 35.8 Å². The number of hydrogen-bond acceptors (Lipinski definition) is 3. The van der Waals surface area contributed by atoms with Crippen molar-refractivity contribution in [2.75, 3.05) is 0 Å². The summed E-state index contributed by atoms with van der Waals surface area (Å²) in [6.45, 7) is 1.68. The number of pyridine rings is 2. The molecule has 1 N–H and O–H groups in total. The fraction of sp³-hybridized carbons (Fsp3) is 0.100. The third-order valence-electron chi connectivity index (χ3n) is 2.04. The van der Waals surface area contributed by atoms with E-state index in [1.807, 2.05) is 0 Å². The van der Waals surface area contributed by atoms with Crippen molar-refractivity contribution in [3.63, 3.8) is 0 Å². The zero-order valence-electron chi connectivity index (χ0n) is 7.56. The predicted molar refractivity (Wildman–Crippen MR) is 51.2 cm³/mol. The average Bonchev–Trinajstić information content (AvgIpc) is 2.16. The highest BCUT2D eigenvalue weighted by atomic mass is 16.4. The molecule has 0 aliphatic rings. The van der Waals surface area contributed by atoms with E-state index in [4.69, 9.17) is 5.11 Å². The summed E-state index contributed by atoms with van der Waals surface area (Å²) in [6.07, 6.45) is 3.24. The number of aromatic nitrogens is 2. The van der Waals surface area contributed by atoms with Gasteiger partial charge in [0.15, 0.2) is 0 Å². The van der Waals surface area contributed by atoms with Gasteiger partial charge in [0, 0.05) is 11.6 Å². The molecule has 0 saturated carbocycles. The molecule has 0 bridgehead atoms. The third-order valence-corrected chi connectivity index (χ3v) is 2.04. The number of rotatable bonds is 1. The van der Waals surface area contributed by atoms with Crippen LogP contribution in [0.25, 0.3) is 10.9 Å². The van der Waals surface area contributed by atoms with Crippen molar-refractivity contribution in [3.8, 4) is 0 Å². The Labute approximate surface area is 80.2 Å². The van der Waals surface area contributed by atoms with Crippen LogP contribution >= 0.6 is 0 Å². The first-order valence-electron chi connectivity index (χ1n) is 4.13. The van der Waals surface area contributed by atoms with Crippen LogP contribution < -0.4 is 0 Å². The summed E-state index contributed by atoms with van der Waals surface area (Å²) >= 11 is 0. The van der Waals surface area contributed by atoms with Gasteiger partial charge in [-0.3, -0.25) is 9.97 Å². The molecule has 0 fully saturated rings. The predicted octanol–water partition coefficient (Wildman–Crippen LogP) is 1.64. The molecule has 0 amide bonds. The summed E-state index contributed by atoms with van der Waals surface area (Å²) in [7, 11) is 0. The highest BCUT2D eigenvalue weighted by molar-refractivity contribution is 5.93. The molecule has 0 aliphatic carbocycles. The topological polar surface area (TPSA) is 63.1 Å². The highest BCUT2D eigenvalue weighted by Gasteiger charge is 2.09. The van der Waals surface area contributed by atoms with Crippen LogP contribution in [0.5, 0.6) is 0 Å². The second-order valence-corrected chi connectivity index (χ2v) is 2.99. The van der Waals surface area contributed by atoms with Crippen molar-refractivity contribution in [2.24, 2.45) is 0 Å². The molecule has 2 aromatic rings. The Kier molecular flexibility index (Phi) is 1.89. The fourth-order valence-electron chi connectivity index (χ4n) is 1.33. The van der Waals surface area contributed by atoms with E-state index < -0.39 is 5.97 Å². The summed E-state index contributed by atoms with van der Waals surface area (Å²) in [6, 6.07) is 3.36. The molecule has 2 heterocycles. The second kappa shape index (κ2) is 3.06. The maximum absolute atomic E-state index is 10.8. The maximum Gasteiger partial charge on any atom is 0.337 e. The number of nitrogens with zero attached hydrogens (tertiary/aromatic N) is 2. The lowest BCUT2D eigenvalue weighted by atomic mass is 10.1. The van der Waals surface area contributed by atoms with E-state index in [0.29, 0.717) is 5.69 Å². The lowest BCUT2D eigenvalue weighted by Gasteiger charge is -2.02. The molecule has 70 valence electrons. The molecular formula is C10H8N2O2. The van der Waals surface area contributed by atoms with Gasteiger partial charge < -0.3 is 5.11 Å². The molecule has 0 unspecified atom stereocenters. The molecule has 0 aliphatic heterocycles. The van der Waals surface area contributed by atoms with Crippen molar-refractivity contribution in [2.45, 2.75) is 6.92 Å². The highest BCUT2D eigenvalue weighted by Crippen LogP contribution is 2.14. The van der Waals surface area contributed by atoms with Gasteiger partial charge in [-0.2, -0.15) is 0 Å². The number of aromatic carboxylic acids is 1. The van der Waals surface area contributed by atoms with E-state index in [1.165, 1.54) is 0 Å². The van der Waals surface area contributed by atoms with E-state index >= 15 is 0 Å². The Balaban J connectivity index is 2.77. The van der Waals surface area contributed by atoms with Crippen molar-refractivity contribution < 1.29 is 9.90 Å². The zero-order chi connectivity index (χ0) is 10.1. The van der Waals surface area contributed by atoms with Crippen molar-refractivity contribution in [1.29, 1.82) is 0 Å². The summed E-state index contributed by atoms with van der Waals surface area (Å²) in [5.74, 6) is -0.950. The van der Waals surface area contributed by atoms with E-state index in [1.54, 1.807) is 31.5 Å². The second-order valence-electron chi connectivity index (χ2n) is 2.99. The van der Waals surface area contributed by atoms with E-state index in [-0.39, 0.29) is 5.56 Å². The van der Waals surface area contributed by atoms with Crippen molar-refractivity contribution >= 4 is 16.9 Å². The van der Waals surface area contributed by atoms with Crippen LogP contribution in [0.15, 0.2) is 24.5 Å². The van der Waals surface area contributed by atoms with Crippen LogP contribution in [-0.2, 0) is 0 Å². The summed E-state index contributed by atoms with van der Waals surface area (Å²) < 4.78 is 0. The van der Waals surface area contributed by atoms with Gasteiger partial charge in [0.05, 0.1) is 23.0 Å². The number of aryl methyl sites for hydroxylation is 1. The minimum atomic E-state index is -0.950. The van der Waals surface area contributed by atoms with Gasteiger partial charge in [-0.25, -0.2) is 4.79 Å². The fourth-order valence-corrected chi connectivity index (χ4v) is 1.33. The smallest absolute Gasteiger partial charge is 0.337 e. The summed E-state index contributed by atoms with van der Waals surface area (Å²) in [5, 5.41) is 9.66. The van der Waals surface area contributed by atoms with Crippen LogP contribution in [-0.4, -0.2) is 21.0 Å². The number of hydrogen-bond donors (Lipinski definition) is 1. The molecular weight excluding hydrogens is 180 g/mol. The Morgan fingerprint density at radius 3 is 3.00 bits per heavy atom. The maximum atomic E-state index is 10.8. The third kappa shape index (κ3) is 1.31. The molecule has 2 aromatic heterocycles. The lowest BCUT2D eigenvalue weighted by Crippen LogP contribution is -2.01. The van der Waals surface area contributed by atoms with Crippen molar-refractivity contribution in [1.82, 2.24) is 9.97 Å². The lowest BCUT2D eigenvalue weighted by molar-refractivity contribution is 0.0696. The average molecular weight is 188 g/mol. The molecule has 14 heavy (non-hydrogen) atoms. The molecule has 0 atom stereocenters. The van der Waals surface area contributed by atoms with E-state index in [0.717, 1.165) is 10.9 Å². The Hall–Kier alpha value is -1.97. The van der Waals surface area contributed by atoms with Gasteiger partial charge in [0.25, 0.3) is 0 Å². The number of carboxylic acids is 1. The molecule has 0 saturated heterocycles. The summed E-state index contributed by atoms with van der Waals surface area (Å²) in [4.78, 5) is 18.9. The zero-order valence-corrected chi connectivity index (χ0v) is 7.56. The van der Waals surface area contributed by atoms with Gasteiger partial charge in [-0.05, 0) is 19.1 Å². The van der Waals surface area contributed by atoms with E-state index in [9.17, 15) is 4.79 Å². The standard InChI is InChI=1S/C10H8N2O2/c1-6-8(10(13)14)4-7-2-3-11-5-9(7)12-6/h2-5H,1H3,(H,13,14). The quantitative estimate of drug-likeness (QED) is 0.738. The number of carboxylic acid groups (broad SMARTS) is 1. The Morgan fingerprint density at radius 2 is 2.29 bits per heavy atom. The Morgan fingerprint density at radius 1 is 1.50 bits per heavy atom. The first kappa shape index (κ1) is 8.62.